The van der Waals surface area contributed by atoms with E-state index < -0.39 is 0 Å². The van der Waals surface area contributed by atoms with Crippen molar-refractivity contribution in [1.82, 2.24) is 20.6 Å². The zero-order chi connectivity index (χ0) is 19.8. The van der Waals surface area contributed by atoms with Gasteiger partial charge in [0.15, 0.2) is 0 Å². The zero-order valence-corrected chi connectivity index (χ0v) is 16.7. The van der Waals surface area contributed by atoms with Crippen LogP contribution in [0.1, 0.15) is 11.1 Å². The monoisotopic (exact) mass is 422 g/mol. The van der Waals surface area contributed by atoms with E-state index in [-0.39, 0.29) is 0 Å². The molecule has 5 rings (SSSR count). The first-order valence-electron chi connectivity index (χ1n) is 9.09. The van der Waals surface area contributed by atoms with Crippen molar-refractivity contribution in [2.45, 2.75) is 13.1 Å². The maximum Gasteiger partial charge on any atom is 0.206 e. The Bertz CT molecular complexity index is 1180. The van der Waals surface area contributed by atoms with Gasteiger partial charge < -0.3 is 10.2 Å². The normalized spacial score (nSPS) is 12.8. The molecule has 29 heavy (non-hydrogen) atoms. The molecule has 0 spiro atoms. The molecule has 0 radical (unpaired) electrons. The van der Waals surface area contributed by atoms with Crippen LogP contribution >= 0.6 is 23.2 Å². The van der Waals surface area contributed by atoms with Crippen molar-refractivity contribution in [2.24, 2.45) is 0 Å². The van der Waals surface area contributed by atoms with Crippen LogP contribution in [0.15, 0.2) is 60.7 Å². The number of benzene rings is 3. The molecule has 0 aliphatic carbocycles. The third-order valence-corrected chi connectivity index (χ3v) is 5.73. The molecule has 2 heterocycles. The topological polar surface area (TPSA) is 69.7 Å². The molecule has 0 unspecified atom stereocenters. The van der Waals surface area contributed by atoms with Gasteiger partial charge in [-0.25, -0.2) is 0 Å². The Morgan fingerprint density at radius 3 is 2.59 bits per heavy atom. The second-order valence-electron chi connectivity index (χ2n) is 6.84. The number of nitrogens with one attached hydrogen (secondary N) is 2. The third-order valence-electron chi connectivity index (χ3n) is 4.99. The van der Waals surface area contributed by atoms with Crippen molar-refractivity contribution in [3.8, 4) is 11.4 Å². The van der Waals surface area contributed by atoms with Gasteiger partial charge in [-0.2, -0.15) is 5.21 Å². The number of fused-ring (bicyclic) bond motifs is 1. The summed E-state index contributed by atoms with van der Waals surface area (Å²) in [6, 6.07) is 20.1. The fourth-order valence-corrected chi connectivity index (χ4v) is 3.85. The lowest BCUT2D eigenvalue weighted by molar-refractivity contribution is 0.881. The van der Waals surface area contributed by atoms with Crippen molar-refractivity contribution < 1.29 is 0 Å². The van der Waals surface area contributed by atoms with Gasteiger partial charge >= 0.3 is 0 Å². The first-order chi connectivity index (χ1) is 14.2. The van der Waals surface area contributed by atoms with Gasteiger partial charge in [0.25, 0.3) is 0 Å². The van der Waals surface area contributed by atoms with E-state index in [4.69, 9.17) is 23.2 Å². The number of aromatic amines is 1. The maximum atomic E-state index is 6.19. The summed E-state index contributed by atoms with van der Waals surface area (Å²) in [7, 11) is 0. The van der Waals surface area contributed by atoms with Gasteiger partial charge in [-0.15, -0.1) is 10.2 Å². The standard InChI is InChI=1S/C21H16Cl2N6/c22-18-8-7-16(10-19(18)23)29-11-13-5-6-15(9-14(13)12-29)24-20-4-2-1-3-17(20)21-25-27-28-26-21/h1-10,24H,11-12H2,(H,25,26,27,28). The Morgan fingerprint density at radius 2 is 1.76 bits per heavy atom. The lowest BCUT2D eigenvalue weighted by atomic mass is 10.1. The lowest BCUT2D eigenvalue weighted by Gasteiger charge is -2.18. The lowest BCUT2D eigenvalue weighted by Crippen LogP contribution is -2.14. The van der Waals surface area contributed by atoms with Crippen LogP contribution in [0.4, 0.5) is 17.1 Å². The van der Waals surface area contributed by atoms with Gasteiger partial charge in [-0.1, -0.05) is 41.4 Å². The summed E-state index contributed by atoms with van der Waals surface area (Å²) in [6.45, 7) is 1.66. The Labute approximate surface area is 177 Å². The molecule has 0 fully saturated rings. The number of H-pyrrole nitrogens is 1. The summed E-state index contributed by atoms with van der Waals surface area (Å²) >= 11 is 12.2. The number of hydrogen-bond acceptors (Lipinski definition) is 5. The number of anilines is 3. The summed E-state index contributed by atoms with van der Waals surface area (Å²) in [5.74, 6) is 0.556. The first kappa shape index (κ1) is 18.0. The van der Waals surface area contributed by atoms with E-state index >= 15 is 0 Å². The molecule has 1 aliphatic rings. The van der Waals surface area contributed by atoms with Gasteiger partial charge in [-0.05, 0) is 58.8 Å². The number of rotatable bonds is 4. The molecular weight excluding hydrogens is 407 g/mol. The predicted octanol–water partition coefficient (Wildman–Crippen LogP) is 5.44. The molecule has 0 bridgehead atoms. The van der Waals surface area contributed by atoms with Crippen molar-refractivity contribution >= 4 is 40.3 Å². The summed E-state index contributed by atoms with van der Waals surface area (Å²) in [6.07, 6.45) is 0. The van der Waals surface area contributed by atoms with Crippen LogP contribution < -0.4 is 10.2 Å². The summed E-state index contributed by atoms with van der Waals surface area (Å²) in [5.41, 5.74) is 6.46. The fourth-order valence-electron chi connectivity index (χ4n) is 3.56. The van der Waals surface area contributed by atoms with Gasteiger partial charge in [-0.3, -0.25) is 0 Å². The van der Waals surface area contributed by atoms with Gasteiger partial charge in [0, 0.05) is 35.7 Å². The second-order valence-corrected chi connectivity index (χ2v) is 7.66. The largest absolute Gasteiger partial charge is 0.363 e. The molecule has 6 nitrogen and oxygen atoms in total. The second kappa shape index (κ2) is 7.39. The number of nitrogens with zero attached hydrogens (tertiary/aromatic N) is 4. The van der Waals surface area contributed by atoms with Gasteiger partial charge in [0.1, 0.15) is 0 Å². The minimum Gasteiger partial charge on any atom is -0.363 e. The Kier molecular flexibility index (Phi) is 4.58. The van der Waals surface area contributed by atoms with Crippen molar-refractivity contribution in [3.63, 3.8) is 0 Å². The van der Waals surface area contributed by atoms with Crippen molar-refractivity contribution in [1.29, 1.82) is 0 Å². The highest BCUT2D eigenvalue weighted by Crippen LogP contribution is 2.34. The zero-order valence-electron chi connectivity index (χ0n) is 15.2. The van der Waals surface area contributed by atoms with Crippen LogP contribution in [0.2, 0.25) is 10.0 Å². The number of para-hydroxylation sites is 1. The average Bonchev–Trinajstić information content (AvgIpc) is 3.40. The molecular formula is C21H16Cl2N6. The average molecular weight is 423 g/mol. The number of halogens is 2. The highest BCUT2D eigenvalue weighted by atomic mass is 35.5. The van der Waals surface area contributed by atoms with Crippen LogP contribution in [0.5, 0.6) is 0 Å². The summed E-state index contributed by atoms with van der Waals surface area (Å²) in [5, 5.41) is 19.0. The fraction of sp³-hybridized carbons (Fsp3) is 0.0952. The van der Waals surface area contributed by atoms with E-state index in [1.165, 1.54) is 11.1 Å². The van der Waals surface area contributed by atoms with E-state index in [1.54, 1.807) is 0 Å². The summed E-state index contributed by atoms with van der Waals surface area (Å²) < 4.78 is 0. The molecule has 0 amide bonds. The van der Waals surface area contributed by atoms with Crippen LogP contribution in [0, 0.1) is 0 Å². The van der Waals surface area contributed by atoms with Crippen molar-refractivity contribution in [3.05, 3.63) is 81.8 Å². The minimum absolute atomic E-state index is 0.556. The highest BCUT2D eigenvalue weighted by molar-refractivity contribution is 6.42. The molecule has 0 saturated carbocycles. The Morgan fingerprint density at radius 1 is 0.897 bits per heavy atom. The molecule has 0 saturated heterocycles. The van der Waals surface area contributed by atoms with Crippen LogP contribution in [-0.4, -0.2) is 20.6 Å². The van der Waals surface area contributed by atoms with E-state index in [9.17, 15) is 0 Å². The molecule has 1 aliphatic heterocycles. The highest BCUT2D eigenvalue weighted by Gasteiger charge is 2.20. The molecule has 3 aromatic carbocycles. The van der Waals surface area contributed by atoms with Crippen LogP contribution in [0.3, 0.4) is 0 Å². The number of hydrogen-bond donors (Lipinski definition) is 2. The molecule has 2 N–H and O–H groups in total. The number of aromatic nitrogens is 4. The van der Waals surface area contributed by atoms with E-state index in [0.29, 0.717) is 15.9 Å². The number of tetrazole rings is 1. The van der Waals surface area contributed by atoms with E-state index in [0.717, 1.165) is 35.7 Å². The SMILES string of the molecule is Clc1ccc(N2Cc3ccc(Nc4ccccc4-c4nn[nH]n4)cc3C2)cc1Cl. The molecule has 0 atom stereocenters. The van der Waals surface area contributed by atoms with Crippen molar-refractivity contribution in [2.75, 3.05) is 10.2 Å². The molecule has 4 aromatic rings. The Hall–Kier alpha value is -3.09. The minimum atomic E-state index is 0.556. The first-order valence-corrected chi connectivity index (χ1v) is 9.84. The molecule has 1 aromatic heterocycles. The Balaban J connectivity index is 1.39. The molecule has 144 valence electrons. The maximum absolute atomic E-state index is 6.19. The van der Waals surface area contributed by atoms with Gasteiger partial charge in [0.05, 0.1) is 10.0 Å². The van der Waals surface area contributed by atoms with Crippen LogP contribution in [-0.2, 0) is 13.1 Å². The van der Waals surface area contributed by atoms with E-state index in [2.05, 4.69) is 49.0 Å². The quantitative estimate of drug-likeness (QED) is 0.458. The smallest absolute Gasteiger partial charge is 0.206 e. The summed E-state index contributed by atoms with van der Waals surface area (Å²) in [4.78, 5) is 2.28. The third kappa shape index (κ3) is 3.52. The van der Waals surface area contributed by atoms with E-state index in [1.807, 2.05) is 42.5 Å². The van der Waals surface area contributed by atoms with Crippen LogP contribution in [0.25, 0.3) is 11.4 Å². The molecule has 8 heteroatoms. The van der Waals surface area contributed by atoms with Gasteiger partial charge in [0.2, 0.25) is 5.82 Å². The predicted molar refractivity (Wildman–Crippen MR) is 116 cm³/mol.